The lowest BCUT2D eigenvalue weighted by molar-refractivity contribution is 0.0954. The SMILES string of the molecule is CCC(CC)=NNC(=O)c1ccc(OCC(C)C)cc1. The number of carbonyl (C=O) groups excluding carboxylic acids is 1. The summed E-state index contributed by atoms with van der Waals surface area (Å²) in [7, 11) is 0. The van der Waals surface area contributed by atoms with Gasteiger partial charge in [-0.15, -0.1) is 0 Å². The second-order valence-corrected chi connectivity index (χ2v) is 5.06. The fourth-order valence-electron chi connectivity index (χ4n) is 1.57. The Morgan fingerprint density at radius 3 is 2.30 bits per heavy atom. The summed E-state index contributed by atoms with van der Waals surface area (Å²) < 4.78 is 5.58. The van der Waals surface area contributed by atoms with Gasteiger partial charge in [0, 0.05) is 11.3 Å². The first kappa shape index (κ1) is 16.2. The molecule has 0 atom stereocenters. The van der Waals surface area contributed by atoms with Gasteiger partial charge in [0.2, 0.25) is 0 Å². The van der Waals surface area contributed by atoms with Crippen LogP contribution in [0.3, 0.4) is 0 Å². The molecule has 0 fully saturated rings. The van der Waals surface area contributed by atoms with Crippen molar-refractivity contribution in [2.45, 2.75) is 40.5 Å². The van der Waals surface area contributed by atoms with E-state index in [0.717, 1.165) is 24.3 Å². The molecule has 1 rings (SSSR count). The van der Waals surface area contributed by atoms with Crippen molar-refractivity contribution in [2.75, 3.05) is 6.61 Å². The topological polar surface area (TPSA) is 50.7 Å². The molecule has 0 bridgehead atoms. The zero-order valence-corrected chi connectivity index (χ0v) is 12.8. The first-order valence-corrected chi connectivity index (χ1v) is 7.15. The maximum Gasteiger partial charge on any atom is 0.271 e. The number of hydrogen-bond donors (Lipinski definition) is 1. The molecule has 1 aromatic carbocycles. The van der Waals surface area contributed by atoms with Gasteiger partial charge in [-0.25, -0.2) is 5.43 Å². The standard InChI is InChI=1S/C16H24N2O2/c1-5-14(6-2)17-18-16(19)13-7-9-15(10-8-13)20-11-12(3)4/h7-10,12H,5-6,11H2,1-4H3,(H,18,19). The minimum atomic E-state index is -0.195. The molecule has 0 saturated carbocycles. The number of rotatable bonds is 7. The zero-order valence-electron chi connectivity index (χ0n) is 12.8. The lowest BCUT2D eigenvalue weighted by Crippen LogP contribution is -2.19. The van der Waals surface area contributed by atoms with Crippen LogP contribution in [0.5, 0.6) is 5.75 Å². The monoisotopic (exact) mass is 276 g/mol. The van der Waals surface area contributed by atoms with Gasteiger partial charge in [0.25, 0.3) is 5.91 Å². The van der Waals surface area contributed by atoms with E-state index in [9.17, 15) is 4.79 Å². The molecular formula is C16H24N2O2. The van der Waals surface area contributed by atoms with Gasteiger partial charge in [0.05, 0.1) is 6.61 Å². The maximum atomic E-state index is 11.9. The number of nitrogens with zero attached hydrogens (tertiary/aromatic N) is 1. The predicted octanol–water partition coefficient (Wildman–Crippen LogP) is 3.63. The van der Waals surface area contributed by atoms with Gasteiger partial charge in [-0.05, 0) is 43.0 Å². The van der Waals surface area contributed by atoms with E-state index in [4.69, 9.17) is 4.74 Å². The van der Waals surface area contributed by atoms with Crippen LogP contribution in [0.2, 0.25) is 0 Å². The molecule has 1 amide bonds. The fraction of sp³-hybridized carbons (Fsp3) is 0.500. The molecule has 0 heterocycles. The van der Waals surface area contributed by atoms with Crippen LogP contribution >= 0.6 is 0 Å². The number of ether oxygens (including phenoxy) is 1. The van der Waals surface area contributed by atoms with Gasteiger partial charge >= 0.3 is 0 Å². The minimum absolute atomic E-state index is 0.195. The van der Waals surface area contributed by atoms with Crippen LogP contribution in [0.15, 0.2) is 29.4 Å². The maximum absolute atomic E-state index is 11.9. The number of hydrazone groups is 1. The van der Waals surface area contributed by atoms with Crippen molar-refractivity contribution in [3.63, 3.8) is 0 Å². The summed E-state index contributed by atoms with van der Waals surface area (Å²) in [4.78, 5) is 11.9. The Morgan fingerprint density at radius 2 is 1.80 bits per heavy atom. The second-order valence-electron chi connectivity index (χ2n) is 5.06. The largest absolute Gasteiger partial charge is 0.493 e. The van der Waals surface area contributed by atoms with Crippen molar-refractivity contribution in [1.82, 2.24) is 5.43 Å². The minimum Gasteiger partial charge on any atom is -0.493 e. The summed E-state index contributed by atoms with van der Waals surface area (Å²) in [5.74, 6) is 1.06. The van der Waals surface area contributed by atoms with E-state index in [2.05, 4.69) is 24.4 Å². The Balaban J connectivity index is 2.59. The second kappa shape index (κ2) is 8.35. The molecule has 20 heavy (non-hydrogen) atoms. The van der Waals surface area contributed by atoms with E-state index in [1.54, 1.807) is 12.1 Å². The number of hydrogen-bond acceptors (Lipinski definition) is 3. The van der Waals surface area contributed by atoms with Crippen molar-refractivity contribution in [3.8, 4) is 5.75 Å². The third-order valence-electron chi connectivity index (χ3n) is 2.83. The summed E-state index contributed by atoms with van der Waals surface area (Å²) >= 11 is 0. The van der Waals surface area contributed by atoms with E-state index in [0.29, 0.717) is 18.1 Å². The Kier molecular flexibility index (Phi) is 6.77. The average molecular weight is 276 g/mol. The van der Waals surface area contributed by atoms with E-state index in [-0.39, 0.29) is 5.91 Å². The van der Waals surface area contributed by atoms with Gasteiger partial charge < -0.3 is 4.74 Å². The van der Waals surface area contributed by atoms with Crippen LogP contribution in [0.4, 0.5) is 0 Å². The molecule has 0 aliphatic rings. The molecule has 0 aromatic heterocycles. The fourth-order valence-corrected chi connectivity index (χ4v) is 1.57. The van der Waals surface area contributed by atoms with E-state index in [1.807, 2.05) is 26.0 Å². The van der Waals surface area contributed by atoms with Gasteiger partial charge in [-0.1, -0.05) is 27.7 Å². The van der Waals surface area contributed by atoms with Crippen LogP contribution in [-0.2, 0) is 0 Å². The van der Waals surface area contributed by atoms with Gasteiger partial charge in [0.15, 0.2) is 0 Å². The highest BCUT2D eigenvalue weighted by Crippen LogP contribution is 2.13. The molecule has 4 heteroatoms. The van der Waals surface area contributed by atoms with Crippen molar-refractivity contribution in [2.24, 2.45) is 11.0 Å². The third kappa shape index (κ3) is 5.43. The highest BCUT2D eigenvalue weighted by Gasteiger charge is 2.05. The summed E-state index contributed by atoms with van der Waals surface area (Å²) in [5.41, 5.74) is 4.14. The molecule has 110 valence electrons. The first-order chi connectivity index (χ1) is 9.56. The Hall–Kier alpha value is -1.84. The summed E-state index contributed by atoms with van der Waals surface area (Å²) in [6.45, 7) is 8.91. The predicted molar refractivity (Wildman–Crippen MR) is 82.3 cm³/mol. The lowest BCUT2D eigenvalue weighted by atomic mass is 10.2. The summed E-state index contributed by atoms with van der Waals surface area (Å²) in [5, 5.41) is 4.10. The molecule has 0 spiro atoms. The smallest absolute Gasteiger partial charge is 0.271 e. The lowest BCUT2D eigenvalue weighted by Gasteiger charge is -2.09. The summed E-state index contributed by atoms with van der Waals surface area (Å²) in [6, 6.07) is 7.11. The molecule has 4 nitrogen and oxygen atoms in total. The van der Waals surface area contributed by atoms with Crippen molar-refractivity contribution in [1.29, 1.82) is 0 Å². The van der Waals surface area contributed by atoms with E-state index >= 15 is 0 Å². The normalized spacial score (nSPS) is 10.2. The highest BCUT2D eigenvalue weighted by atomic mass is 16.5. The van der Waals surface area contributed by atoms with Crippen LogP contribution in [-0.4, -0.2) is 18.2 Å². The molecule has 0 aliphatic heterocycles. The molecule has 1 N–H and O–H groups in total. The van der Waals surface area contributed by atoms with Gasteiger partial charge in [-0.2, -0.15) is 5.10 Å². The highest BCUT2D eigenvalue weighted by molar-refractivity contribution is 5.95. The number of amides is 1. The Labute approximate surface area is 121 Å². The van der Waals surface area contributed by atoms with Crippen molar-refractivity contribution < 1.29 is 9.53 Å². The zero-order chi connectivity index (χ0) is 15.0. The quantitative estimate of drug-likeness (QED) is 0.610. The van der Waals surface area contributed by atoms with Crippen molar-refractivity contribution in [3.05, 3.63) is 29.8 Å². The van der Waals surface area contributed by atoms with Crippen LogP contribution < -0.4 is 10.2 Å². The molecule has 1 aromatic rings. The summed E-state index contributed by atoms with van der Waals surface area (Å²) in [6.07, 6.45) is 1.69. The van der Waals surface area contributed by atoms with Crippen LogP contribution in [0, 0.1) is 5.92 Å². The third-order valence-corrected chi connectivity index (χ3v) is 2.83. The average Bonchev–Trinajstić information content (AvgIpc) is 2.46. The number of nitrogens with one attached hydrogen (secondary N) is 1. The first-order valence-electron chi connectivity index (χ1n) is 7.15. The number of carbonyl (C=O) groups is 1. The van der Waals surface area contributed by atoms with Crippen molar-refractivity contribution >= 4 is 11.6 Å². The van der Waals surface area contributed by atoms with Crippen LogP contribution in [0.1, 0.15) is 50.9 Å². The van der Waals surface area contributed by atoms with Crippen LogP contribution in [0.25, 0.3) is 0 Å². The molecule has 0 unspecified atom stereocenters. The van der Waals surface area contributed by atoms with E-state index < -0.39 is 0 Å². The van der Waals surface area contributed by atoms with Gasteiger partial charge in [0.1, 0.15) is 5.75 Å². The molecular weight excluding hydrogens is 252 g/mol. The molecule has 0 radical (unpaired) electrons. The van der Waals surface area contributed by atoms with Gasteiger partial charge in [-0.3, -0.25) is 4.79 Å². The van der Waals surface area contributed by atoms with E-state index in [1.165, 1.54) is 0 Å². The Bertz CT molecular complexity index is 444. The number of benzene rings is 1. The molecule has 0 aliphatic carbocycles. The molecule has 0 saturated heterocycles. The Morgan fingerprint density at radius 1 is 1.20 bits per heavy atom.